The molecule has 1 unspecified atom stereocenters. The fraction of sp³-hybridized carbons (Fsp3) is 0.889. The number of sulfonamides is 1. The number of nitrogens with two attached hydrogens (primary N) is 1. The molecule has 1 saturated carbocycles. The van der Waals surface area contributed by atoms with Crippen molar-refractivity contribution in [3.05, 3.63) is 0 Å². The van der Waals surface area contributed by atoms with E-state index in [2.05, 4.69) is 12.2 Å². The van der Waals surface area contributed by atoms with Crippen LogP contribution in [-0.4, -0.2) is 41.7 Å². The molecule has 0 aromatic carbocycles. The van der Waals surface area contributed by atoms with Crippen molar-refractivity contribution in [1.29, 1.82) is 0 Å². The SMILES string of the molecule is CCC(C(N)=S)S(=O)(=O)N(CC(F)(F)F)C1CC1. The van der Waals surface area contributed by atoms with Crippen molar-refractivity contribution < 1.29 is 21.6 Å². The van der Waals surface area contributed by atoms with Crippen molar-refractivity contribution in [2.24, 2.45) is 5.73 Å². The molecule has 0 spiro atoms. The van der Waals surface area contributed by atoms with Gasteiger partial charge in [-0.1, -0.05) is 19.1 Å². The minimum atomic E-state index is -4.57. The maximum atomic E-state index is 12.4. The third-order valence-electron chi connectivity index (χ3n) is 2.66. The third-order valence-corrected chi connectivity index (χ3v) is 5.48. The van der Waals surface area contributed by atoms with Crippen LogP contribution < -0.4 is 5.73 Å². The number of hydrogen-bond donors (Lipinski definition) is 1. The predicted octanol–water partition coefficient (Wildman–Crippen LogP) is 1.41. The van der Waals surface area contributed by atoms with E-state index in [9.17, 15) is 21.6 Å². The highest BCUT2D eigenvalue weighted by molar-refractivity contribution is 7.92. The van der Waals surface area contributed by atoms with Crippen LogP contribution in [-0.2, 0) is 10.0 Å². The number of alkyl halides is 3. The molecule has 0 saturated heterocycles. The molecule has 0 radical (unpaired) electrons. The van der Waals surface area contributed by atoms with E-state index in [0.717, 1.165) is 0 Å². The standard InChI is InChI=1S/C9H15F3N2O2S2/c1-2-7(8(13)17)18(15,16)14(6-3-4-6)5-9(10,11)12/h6-7H,2-5H2,1H3,(H2,13,17). The molecule has 1 atom stereocenters. The van der Waals surface area contributed by atoms with Crippen LogP contribution in [0.1, 0.15) is 26.2 Å². The number of rotatable bonds is 6. The largest absolute Gasteiger partial charge is 0.402 e. The monoisotopic (exact) mass is 304 g/mol. The summed E-state index contributed by atoms with van der Waals surface area (Å²) in [5.74, 6) is 0. The molecule has 0 amide bonds. The molecule has 9 heteroatoms. The number of hydrogen-bond acceptors (Lipinski definition) is 3. The average Bonchev–Trinajstić information content (AvgIpc) is 2.95. The Morgan fingerprint density at radius 3 is 2.28 bits per heavy atom. The van der Waals surface area contributed by atoms with E-state index >= 15 is 0 Å². The molecule has 106 valence electrons. The van der Waals surface area contributed by atoms with Crippen molar-refractivity contribution >= 4 is 27.2 Å². The van der Waals surface area contributed by atoms with Crippen LogP contribution in [0.3, 0.4) is 0 Å². The van der Waals surface area contributed by atoms with Crippen molar-refractivity contribution in [2.75, 3.05) is 6.54 Å². The van der Waals surface area contributed by atoms with Crippen LogP contribution in [0.15, 0.2) is 0 Å². The summed E-state index contributed by atoms with van der Waals surface area (Å²) in [6, 6.07) is -0.569. The van der Waals surface area contributed by atoms with Gasteiger partial charge in [0.2, 0.25) is 10.0 Å². The number of nitrogens with zero attached hydrogens (tertiary/aromatic N) is 1. The second-order valence-electron chi connectivity index (χ2n) is 4.24. The van der Waals surface area contributed by atoms with E-state index in [-0.39, 0.29) is 11.4 Å². The molecule has 0 aromatic heterocycles. The van der Waals surface area contributed by atoms with Gasteiger partial charge >= 0.3 is 6.18 Å². The molecule has 0 aliphatic heterocycles. The molecule has 4 nitrogen and oxygen atoms in total. The summed E-state index contributed by atoms with van der Waals surface area (Å²) in [6.07, 6.45) is -3.60. The van der Waals surface area contributed by atoms with Crippen molar-refractivity contribution in [3.63, 3.8) is 0 Å². The van der Waals surface area contributed by atoms with Gasteiger partial charge in [-0.15, -0.1) is 0 Å². The summed E-state index contributed by atoms with van der Waals surface area (Å²) in [7, 11) is -4.14. The Hall–Kier alpha value is -0.410. The number of halogens is 3. The van der Waals surface area contributed by atoms with Crippen LogP contribution in [0.2, 0.25) is 0 Å². The zero-order valence-electron chi connectivity index (χ0n) is 9.77. The van der Waals surface area contributed by atoms with E-state index in [1.807, 2.05) is 0 Å². The van der Waals surface area contributed by atoms with Gasteiger partial charge in [-0.2, -0.15) is 17.5 Å². The Bertz CT molecular complexity index is 418. The Balaban J connectivity index is 3.00. The highest BCUT2D eigenvalue weighted by Gasteiger charge is 2.46. The minimum absolute atomic E-state index is 0.0682. The highest BCUT2D eigenvalue weighted by Crippen LogP contribution is 2.34. The lowest BCUT2D eigenvalue weighted by atomic mass is 10.3. The van der Waals surface area contributed by atoms with Gasteiger partial charge in [-0.3, -0.25) is 0 Å². The molecule has 1 rings (SSSR count). The lowest BCUT2D eigenvalue weighted by Gasteiger charge is -2.27. The zero-order valence-corrected chi connectivity index (χ0v) is 11.4. The van der Waals surface area contributed by atoms with Crippen molar-refractivity contribution in [3.8, 4) is 0 Å². The first-order valence-corrected chi connectivity index (χ1v) is 7.37. The topological polar surface area (TPSA) is 63.4 Å². The van der Waals surface area contributed by atoms with Crippen LogP contribution in [0.25, 0.3) is 0 Å². The first kappa shape index (κ1) is 15.6. The van der Waals surface area contributed by atoms with Crippen LogP contribution >= 0.6 is 12.2 Å². The minimum Gasteiger partial charge on any atom is -0.392 e. The third kappa shape index (κ3) is 3.79. The summed E-state index contributed by atoms with van der Waals surface area (Å²) in [5, 5.41) is -1.23. The van der Waals surface area contributed by atoms with E-state index in [1.165, 1.54) is 6.92 Å². The molecule has 0 heterocycles. The van der Waals surface area contributed by atoms with Gasteiger partial charge in [0.1, 0.15) is 11.8 Å². The van der Waals surface area contributed by atoms with Crippen LogP contribution in [0.4, 0.5) is 13.2 Å². The summed E-state index contributed by atoms with van der Waals surface area (Å²) in [4.78, 5) is -0.287. The Kier molecular flexibility index (Phi) is 4.60. The van der Waals surface area contributed by atoms with Gasteiger partial charge < -0.3 is 5.73 Å². The van der Waals surface area contributed by atoms with Crippen molar-refractivity contribution in [2.45, 2.75) is 43.7 Å². The molecule has 2 N–H and O–H groups in total. The lowest BCUT2D eigenvalue weighted by Crippen LogP contribution is -2.48. The Morgan fingerprint density at radius 1 is 1.50 bits per heavy atom. The maximum Gasteiger partial charge on any atom is 0.402 e. The van der Waals surface area contributed by atoms with Gasteiger partial charge in [0.05, 0.1) is 4.99 Å². The summed E-state index contributed by atoms with van der Waals surface area (Å²) >= 11 is 4.62. The van der Waals surface area contributed by atoms with Gasteiger partial charge in [0.15, 0.2) is 0 Å². The van der Waals surface area contributed by atoms with Gasteiger partial charge in [-0.25, -0.2) is 8.42 Å². The quantitative estimate of drug-likeness (QED) is 0.754. The molecule has 0 bridgehead atoms. The first-order valence-electron chi connectivity index (χ1n) is 5.46. The van der Waals surface area contributed by atoms with Crippen LogP contribution in [0.5, 0.6) is 0 Å². The van der Waals surface area contributed by atoms with E-state index in [1.54, 1.807) is 0 Å². The van der Waals surface area contributed by atoms with E-state index in [4.69, 9.17) is 5.73 Å². The molecular formula is C9H15F3N2O2S2. The van der Waals surface area contributed by atoms with Crippen molar-refractivity contribution in [1.82, 2.24) is 4.31 Å². The van der Waals surface area contributed by atoms with Gasteiger partial charge in [-0.05, 0) is 19.3 Å². The summed E-state index contributed by atoms with van der Waals surface area (Å²) < 4.78 is 62.0. The Labute approximate surface area is 109 Å². The first-order chi connectivity index (χ1) is 8.09. The smallest absolute Gasteiger partial charge is 0.392 e. The van der Waals surface area contributed by atoms with E-state index < -0.39 is 34.0 Å². The summed E-state index contributed by atoms with van der Waals surface area (Å²) in [5.41, 5.74) is 5.30. The highest BCUT2D eigenvalue weighted by atomic mass is 32.2. The maximum absolute atomic E-state index is 12.4. The predicted molar refractivity (Wildman–Crippen MR) is 65.6 cm³/mol. The number of thiocarbonyl (C=S) groups is 1. The fourth-order valence-electron chi connectivity index (χ4n) is 1.69. The molecule has 1 aliphatic carbocycles. The molecular weight excluding hydrogens is 289 g/mol. The molecule has 0 aromatic rings. The van der Waals surface area contributed by atoms with Gasteiger partial charge in [0, 0.05) is 6.04 Å². The second kappa shape index (κ2) is 5.30. The van der Waals surface area contributed by atoms with E-state index in [0.29, 0.717) is 17.1 Å². The summed E-state index contributed by atoms with van der Waals surface area (Å²) in [6.45, 7) is 0.0547. The average molecular weight is 304 g/mol. The van der Waals surface area contributed by atoms with Gasteiger partial charge in [0.25, 0.3) is 0 Å². The fourth-order valence-corrected chi connectivity index (χ4v) is 4.21. The molecule has 1 aliphatic rings. The zero-order chi connectivity index (χ0) is 14.1. The second-order valence-corrected chi connectivity index (χ2v) is 6.78. The molecule has 18 heavy (non-hydrogen) atoms. The lowest BCUT2D eigenvalue weighted by molar-refractivity contribution is -0.137. The van der Waals surface area contributed by atoms with Crippen LogP contribution in [0, 0.1) is 0 Å². The Morgan fingerprint density at radius 2 is 2.00 bits per heavy atom. The normalized spacial score (nSPS) is 18.9. The molecule has 1 fully saturated rings.